The lowest BCUT2D eigenvalue weighted by Gasteiger charge is -2.06. The smallest absolute Gasteiger partial charge is 0.251 e. The number of hydrogen-bond donors (Lipinski definition) is 1. The highest BCUT2D eigenvalue weighted by Crippen LogP contribution is 2.25. The summed E-state index contributed by atoms with van der Waals surface area (Å²) in [7, 11) is 0. The summed E-state index contributed by atoms with van der Waals surface area (Å²) in [4.78, 5) is 12.2. The number of fused-ring (bicyclic) bond motifs is 1. The Balaban J connectivity index is 1.75. The standard InChI is InChI=1S/C17H15NO/c1-12-6-8-16(9-7-12)18-17(19)15-10-13-4-2-3-5-14(13)11-15/h2-10H,11H2,1H3,(H,18,19). The first-order valence-corrected chi connectivity index (χ1v) is 6.39. The van der Waals surface area contributed by atoms with Crippen molar-refractivity contribution in [1.82, 2.24) is 0 Å². The van der Waals surface area contributed by atoms with Crippen molar-refractivity contribution in [2.45, 2.75) is 13.3 Å². The second kappa shape index (κ2) is 4.73. The van der Waals surface area contributed by atoms with Gasteiger partial charge in [0, 0.05) is 17.7 Å². The molecule has 94 valence electrons. The van der Waals surface area contributed by atoms with Crippen molar-refractivity contribution in [2.75, 3.05) is 5.32 Å². The van der Waals surface area contributed by atoms with Gasteiger partial charge in [-0.1, -0.05) is 42.0 Å². The van der Waals surface area contributed by atoms with E-state index in [1.165, 1.54) is 11.1 Å². The summed E-state index contributed by atoms with van der Waals surface area (Å²) in [5.41, 5.74) is 5.22. The fourth-order valence-electron chi connectivity index (χ4n) is 2.27. The summed E-state index contributed by atoms with van der Waals surface area (Å²) in [5, 5.41) is 2.94. The first-order valence-electron chi connectivity index (χ1n) is 6.39. The van der Waals surface area contributed by atoms with Crippen molar-refractivity contribution < 1.29 is 4.79 Å². The molecule has 2 aromatic rings. The van der Waals surface area contributed by atoms with Crippen molar-refractivity contribution >= 4 is 17.7 Å². The van der Waals surface area contributed by atoms with E-state index in [1.54, 1.807) is 0 Å². The van der Waals surface area contributed by atoms with Gasteiger partial charge in [-0.25, -0.2) is 0 Å². The molecule has 0 aromatic heterocycles. The Bertz CT molecular complexity index is 653. The van der Waals surface area contributed by atoms with Gasteiger partial charge in [0.1, 0.15) is 0 Å². The van der Waals surface area contributed by atoms with E-state index < -0.39 is 0 Å². The monoisotopic (exact) mass is 249 g/mol. The van der Waals surface area contributed by atoms with E-state index in [9.17, 15) is 4.79 Å². The summed E-state index contributed by atoms with van der Waals surface area (Å²) < 4.78 is 0. The highest BCUT2D eigenvalue weighted by molar-refractivity contribution is 6.08. The predicted octanol–water partition coefficient (Wildman–Crippen LogP) is 3.57. The molecule has 1 amide bonds. The molecule has 1 aliphatic carbocycles. The van der Waals surface area contributed by atoms with Crippen LogP contribution in [0.1, 0.15) is 16.7 Å². The Morgan fingerprint density at radius 1 is 1.05 bits per heavy atom. The zero-order chi connectivity index (χ0) is 13.2. The summed E-state index contributed by atoms with van der Waals surface area (Å²) in [6.07, 6.45) is 2.69. The van der Waals surface area contributed by atoms with Crippen LogP contribution in [-0.4, -0.2) is 5.91 Å². The lowest BCUT2D eigenvalue weighted by molar-refractivity contribution is -0.112. The number of carbonyl (C=O) groups is 1. The summed E-state index contributed by atoms with van der Waals surface area (Å²) >= 11 is 0. The first kappa shape index (κ1) is 11.7. The maximum atomic E-state index is 12.2. The molecule has 19 heavy (non-hydrogen) atoms. The minimum Gasteiger partial charge on any atom is -0.322 e. The molecule has 0 aliphatic heterocycles. The van der Waals surface area contributed by atoms with E-state index in [2.05, 4.69) is 11.4 Å². The van der Waals surface area contributed by atoms with E-state index in [-0.39, 0.29) is 5.91 Å². The molecule has 2 aromatic carbocycles. The number of benzene rings is 2. The van der Waals surface area contributed by atoms with Gasteiger partial charge in [-0.05, 0) is 36.3 Å². The fraction of sp³-hybridized carbons (Fsp3) is 0.118. The SMILES string of the molecule is Cc1ccc(NC(=O)C2=Cc3ccccc3C2)cc1. The third-order valence-electron chi connectivity index (χ3n) is 3.37. The molecule has 0 spiro atoms. The second-order valence-electron chi connectivity index (χ2n) is 4.87. The Kier molecular flexibility index (Phi) is 2.92. The van der Waals surface area contributed by atoms with Gasteiger partial charge >= 0.3 is 0 Å². The van der Waals surface area contributed by atoms with E-state index in [0.717, 1.165) is 16.8 Å². The van der Waals surface area contributed by atoms with Gasteiger partial charge in [0.25, 0.3) is 5.91 Å². The number of nitrogens with one attached hydrogen (secondary N) is 1. The molecule has 0 heterocycles. The van der Waals surface area contributed by atoms with Crippen LogP contribution in [0.4, 0.5) is 5.69 Å². The molecule has 0 unspecified atom stereocenters. The van der Waals surface area contributed by atoms with Crippen LogP contribution in [0, 0.1) is 6.92 Å². The van der Waals surface area contributed by atoms with Gasteiger partial charge < -0.3 is 5.32 Å². The number of aryl methyl sites for hydroxylation is 1. The lowest BCUT2D eigenvalue weighted by Crippen LogP contribution is -2.14. The molecule has 3 rings (SSSR count). The average Bonchev–Trinajstić information content (AvgIpc) is 2.85. The molecule has 0 saturated heterocycles. The van der Waals surface area contributed by atoms with Crippen LogP contribution in [0.15, 0.2) is 54.1 Å². The fourth-order valence-corrected chi connectivity index (χ4v) is 2.27. The topological polar surface area (TPSA) is 29.1 Å². The van der Waals surface area contributed by atoms with E-state index in [0.29, 0.717) is 6.42 Å². The minimum absolute atomic E-state index is 0.0138. The highest BCUT2D eigenvalue weighted by Gasteiger charge is 2.17. The zero-order valence-electron chi connectivity index (χ0n) is 10.8. The largest absolute Gasteiger partial charge is 0.322 e. The molecular formula is C17H15NO. The predicted molar refractivity (Wildman–Crippen MR) is 77.9 cm³/mol. The molecule has 0 saturated carbocycles. The number of anilines is 1. The van der Waals surface area contributed by atoms with Crippen LogP contribution in [-0.2, 0) is 11.2 Å². The van der Waals surface area contributed by atoms with Crippen molar-refractivity contribution in [3.8, 4) is 0 Å². The highest BCUT2D eigenvalue weighted by atomic mass is 16.1. The van der Waals surface area contributed by atoms with Crippen molar-refractivity contribution in [1.29, 1.82) is 0 Å². The Morgan fingerprint density at radius 2 is 1.79 bits per heavy atom. The van der Waals surface area contributed by atoms with Crippen LogP contribution in [0.2, 0.25) is 0 Å². The van der Waals surface area contributed by atoms with Gasteiger partial charge in [-0.3, -0.25) is 4.79 Å². The summed E-state index contributed by atoms with van der Waals surface area (Å²) in [5.74, 6) is -0.0138. The zero-order valence-corrected chi connectivity index (χ0v) is 10.8. The van der Waals surface area contributed by atoms with Gasteiger partial charge in [-0.2, -0.15) is 0 Å². The second-order valence-corrected chi connectivity index (χ2v) is 4.87. The van der Waals surface area contributed by atoms with Crippen molar-refractivity contribution in [3.05, 3.63) is 70.8 Å². The molecule has 2 nitrogen and oxygen atoms in total. The molecule has 1 N–H and O–H groups in total. The number of amides is 1. The van der Waals surface area contributed by atoms with Crippen LogP contribution >= 0.6 is 0 Å². The quantitative estimate of drug-likeness (QED) is 0.866. The van der Waals surface area contributed by atoms with Gasteiger partial charge in [0.2, 0.25) is 0 Å². The van der Waals surface area contributed by atoms with Crippen LogP contribution in [0.3, 0.4) is 0 Å². The van der Waals surface area contributed by atoms with E-state index >= 15 is 0 Å². The molecule has 0 radical (unpaired) electrons. The van der Waals surface area contributed by atoms with Gasteiger partial charge in [-0.15, -0.1) is 0 Å². The van der Waals surface area contributed by atoms with E-state index in [1.807, 2.05) is 55.5 Å². The van der Waals surface area contributed by atoms with Crippen molar-refractivity contribution in [3.63, 3.8) is 0 Å². The Morgan fingerprint density at radius 3 is 2.53 bits per heavy atom. The third-order valence-corrected chi connectivity index (χ3v) is 3.37. The molecular weight excluding hydrogens is 234 g/mol. The van der Waals surface area contributed by atoms with Gasteiger partial charge in [0.05, 0.1) is 0 Å². The number of rotatable bonds is 2. The Hall–Kier alpha value is -2.35. The summed E-state index contributed by atoms with van der Waals surface area (Å²) in [6, 6.07) is 16.0. The maximum absolute atomic E-state index is 12.2. The molecule has 0 bridgehead atoms. The molecule has 0 atom stereocenters. The molecule has 1 aliphatic rings. The maximum Gasteiger partial charge on any atom is 0.251 e. The molecule has 0 fully saturated rings. The number of carbonyl (C=O) groups excluding carboxylic acids is 1. The minimum atomic E-state index is -0.0138. The van der Waals surface area contributed by atoms with E-state index in [4.69, 9.17) is 0 Å². The molecule has 2 heteroatoms. The first-order chi connectivity index (χ1) is 9.22. The lowest BCUT2D eigenvalue weighted by atomic mass is 10.1. The summed E-state index contributed by atoms with van der Waals surface area (Å²) in [6.45, 7) is 2.03. The van der Waals surface area contributed by atoms with Crippen molar-refractivity contribution in [2.24, 2.45) is 0 Å². The van der Waals surface area contributed by atoms with Crippen LogP contribution in [0.5, 0.6) is 0 Å². The van der Waals surface area contributed by atoms with Crippen LogP contribution < -0.4 is 5.32 Å². The normalized spacial score (nSPS) is 12.8. The van der Waals surface area contributed by atoms with Crippen LogP contribution in [0.25, 0.3) is 6.08 Å². The average molecular weight is 249 g/mol. The Labute approximate surface area is 112 Å². The van der Waals surface area contributed by atoms with Gasteiger partial charge in [0.15, 0.2) is 0 Å². The number of hydrogen-bond acceptors (Lipinski definition) is 1. The third kappa shape index (κ3) is 2.43.